The van der Waals surface area contributed by atoms with Crippen LogP contribution in [0, 0.1) is 23.2 Å². The van der Waals surface area contributed by atoms with Gasteiger partial charge in [0.25, 0.3) is 0 Å². The maximum atomic E-state index is 9.09. The minimum Gasteiger partial charge on any atom is -0.368 e. The normalized spacial score (nSPS) is 12.2. The number of hydrogen-bond acceptors (Lipinski definition) is 3. The molecule has 1 aromatic rings. The molecule has 1 aromatic heterocycles. The van der Waals surface area contributed by atoms with Crippen molar-refractivity contribution in [3.8, 4) is 17.9 Å². The summed E-state index contributed by atoms with van der Waals surface area (Å²) in [5.41, 5.74) is 3.03. The van der Waals surface area contributed by atoms with Gasteiger partial charge in [-0.25, -0.2) is 4.98 Å². The second kappa shape index (κ2) is 5.37. The third-order valence-electron chi connectivity index (χ3n) is 2.89. The molecule has 0 spiro atoms. The highest BCUT2D eigenvalue weighted by Crippen LogP contribution is 2.24. The first-order chi connectivity index (χ1) is 8.35. The average molecular weight is 225 g/mol. The van der Waals surface area contributed by atoms with Crippen molar-refractivity contribution in [2.75, 3.05) is 11.9 Å². The molecule has 86 valence electrons. The summed E-state index contributed by atoms with van der Waals surface area (Å²) in [6.45, 7) is 2.57. The van der Waals surface area contributed by atoms with Crippen LogP contribution in [0.2, 0.25) is 0 Å². The van der Waals surface area contributed by atoms with Crippen LogP contribution >= 0.6 is 0 Å². The third-order valence-corrected chi connectivity index (χ3v) is 2.89. The van der Waals surface area contributed by atoms with Gasteiger partial charge in [0, 0.05) is 18.7 Å². The van der Waals surface area contributed by atoms with E-state index in [0.717, 1.165) is 37.9 Å². The summed E-state index contributed by atoms with van der Waals surface area (Å²) in [6.07, 6.45) is 4.02. The lowest BCUT2D eigenvalue weighted by Crippen LogP contribution is -2.06. The Morgan fingerprint density at radius 1 is 1.47 bits per heavy atom. The lowest BCUT2D eigenvalue weighted by atomic mass is 10.1. The molecule has 0 aromatic carbocycles. The minimum atomic E-state index is 0.648. The Bertz CT molecular complexity index is 515. The van der Waals surface area contributed by atoms with E-state index in [4.69, 9.17) is 5.26 Å². The van der Waals surface area contributed by atoms with Crippen LogP contribution in [0.25, 0.3) is 0 Å². The van der Waals surface area contributed by atoms with Gasteiger partial charge in [0.05, 0.1) is 5.56 Å². The molecule has 0 atom stereocenters. The Hall–Kier alpha value is -2.00. The maximum Gasteiger partial charge on any atom is 0.144 e. The number of rotatable bonds is 3. The number of fused-ring (bicyclic) bond motifs is 1. The Morgan fingerprint density at radius 2 is 2.35 bits per heavy atom. The second-order valence-corrected chi connectivity index (χ2v) is 4.06. The van der Waals surface area contributed by atoms with Crippen LogP contribution < -0.4 is 5.32 Å². The maximum absolute atomic E-state index is 9.09. The van der Waals surface area contributed by atoms with Crippen LogP contribution in [0.1, 0.15) is 36.6 Å². The van der Waals surface area contributed by atoms with Crippen molar-refractivity contribution in [1.82, 2.24) is 4.98 Å². The summed E-state index contributed by atoms with van der Waals surface area (Å²) in [5, 5.41) is 12.3. The third kappa shape index (κ3) is 2.57. The zero-order chi connectivity index (χ0) is 12.1. The van der Waals surface area contributed by atoms with Gasteiger partial charge in [0.1, 0.15) is 11.9 Å². The molecule has 0 saturated heterocycles. The quantitative estimate of drug-likeness (QED) is 0.634. The highest BCUT2D eigenvalue weighted by Gasteiger charge is 2.15. The predicted molar refractivity (Wildman–Crippen MR) is 67.5 cm³/mol. The molecular formula is C14H15N3. The topological polar surface area (TPSA) is 48.7 Å². The number of nitrogens with zero attached hydrogens (tertiary/aromatic N) is 2. The number of aryl methyl sites for hydroxylation is 2. The Balaban J connectivity index is 2.15. The van der Waals surface area contributed by atoms with E-state index in [9.17, 15) is 0 Å². The van der Waals surface area contributed by atoms with E-state index in [1.807, 2.05) is 13.0 Å². The Kier molecular flexibility index (Phi) is 3.62. The van der Waals surface area contributed by atoms with Gasteiger partial charge in [0.2, 0.25) is 0 Å². The van der Waals surface area contributed by atoms with E-state index in [2.05, 4.69) is 28.2 Å². The number of hydrogen-bond donors (Lipinski definition) is 1. The number of aromatic nitrogens is 1. The summed E-state index contributed by atoms with van der Waals surface area (Å²) >= 11 is 0. The molecule has 0 saturated carbocycles. The number of nitrogens with one attached hydrogen (secondary N) is 1. The summed E-state index contributed by atoms with van der Waals surface area (Å²) in [7, 11) is 0. The molecule has 3 heteroatoms. The molecule has 2 rings (SSSR count). The van der Waals surface area contributed by atoms with Crippen molar-refractivity contribution in [3.63, 3.8) is 0 Å². The highest BCUT2D eigenvalue weighted by molar-refractivity contribution is 5.55. The molecule has 0 fully saturated rings. The largest absolute Gasteiger partial charge is 0.368 e. The second-order valence-electron chi connectivity index (χ2n) is 4.06. The molecule has 0 radical (unpaired) electrons. The fourth-order valence-corrected chi connectivity index (χ4v) is 2.06. The van der Waals surface area contributed by atoms with Crippen molar-refractivity contribution in [2.45, 2.75) is 32.6 Å². The molecule has 0 bridgehead atoms. The number of pyridine rings is 1. The zero-order valence-electron chi connectivity index (χ0n) is 10.0. The standard InChI is InChI=1S/C14H15N3/c1-2-3-4-8-16-14-12(10-15)9-11-6-5-7-13(11)17-14/h9H,4-8H2,1H3,(H,16,17). The zero-order valence-corrected chi connectivity index (χ0v) is 10.0. The van der Waals surface area contributed by atoms with Gasteiger partial charge < -0.3 is 5.32 Å². The molecule has 1 N–H and O–H groups in total. The van der Waals surface area contributed by atoms with Gasteiger partial charge in [-0.3, -0.25) is 0 Å². The molecule has 1 heterocycles. The number of anilines is 1. The SMILES string of the molecule is CC#CCCNc1nc2c(cc1C#N)CCC2. The molecule has 0 unspecified atom stereocenters. The van der Waals surface area contributed by atoms with Crippen LogP contribution in [0.4, 0.5) is 5.82 Å². The van der Waals surface area contributed by atoms with Crippen LogP contribution in [0.5, 0.6) is 0 Å². The van der Waals surface area contributed by atoms with E-state index in [0.29, 0.717) is 11.4 Å². The first-order valence-electron chi connectivity index (χ1n) is 5.91. The van der Waals surface area contributed by atoms with E-state index in [-0.39, 0.29) is 0 Å². The first-order valence-corrected chi connectivity index (χ1v) is 5.91. The fourth-order valence-electron chi connectivity index (χ4n) is 2.06. The van der Waals surface area contributed by atoms with Crippen molar-refractivity contribution in [3.05, 3.63) is 22.9 Å². The van der Waals surface area contributed by atoms with Gasteiger partial charge in [-0.15, -0.1) is 11.8 Å². The Morgan fingerprint density at radius 3 is 3.12 bits per heavy atom. The smallest absolute Gasteiger partial charge is 0.144 e. The summed E-state index contributed by atoms with van der Waals surface area (Å²) in [5.74, 6) is 6.55. The summed E-state index contributed by atoms with van der Waals surface area (Å²) in [4.78, 5) is 4.54. The van der Waals surface area contributed by atoms with Crippen molar-refractivity contribution >= 4 is 5.82 Å². The molecule has 0 amide bonds. The summed E-state index contributed by atoms with van der Waals surface area (Å²) in [6, 6.07) is 4.18. The van der Waals surface area contributed by atoms with Crippen LogP contribution in [0.3, 0.4) is 0 Å². The van der Waals surface area contributed by atoms with E-state index in [1.54, 1.807) is 0 Å². The Labute approximate surface area is 102 Å². The molecular weight excluding hydrogens is 210 g/mol. The highest BCUT2D eigenvalue weighted by atomic mass is 15.0. The molecule has 3 nitrogen and oxygen atoms in total. The van der Waals surface area contributed by atoms with Gasteiger partial charge in [-0.2, -0.15) is 5.26 Å². The van der Waals surface area contributed by atoms with Crippen molar-refractivity contribution in [2.24, 2.45) is 0 Å². The van der Waals surface area contributed by atoms with Gasteiger partial charge in [-0.05, 0) is 37.8 Å². The molecule has 17 heavy (non-hydrogen) atoms. The van der Waals surface area contributed by atoms with Crippen LogP contribution in [-0.4, -0.2) is 11.5 Å². The first kappa shape index (κ1) is 11.5. The van der Waals surface area contributed by atoms with Gasteiger partial charge in [0.15, 0.2) is 0 Å². The lowest BCUT2D eigenvalue weighted by Gasteiger charge is -2.08. The minimum absolute atomic E-state index is 0.648. The molecule has 0 aliphatic heterocycles. The van der Waals surface area contributed by atoms with E-state index in [1.165, 1.54) is 5.56 Å². The number of nitriles is 1. The molecule has 1 aliphatic carbocycles. The van der Waals surface area contributed by atoms with Crippen LogP contribution in [0.15, 0.2) is 6.07 Å². The monoisotopic (exact) mass is 225 g/mol. The van der Waals surface area contributed by atoms with Gasteiger partial charge in [-0.1, -0.05) is 0 Å². The van der Waals surface area contributed by atoms with Crippen molar-refractivity contribution < 1.29 is 0 Å². The summed E-state index contributed by atoms with van der Waals surface area (Å²) < 4.78 is 0. The fraction of sp³-hybridized carbons (Fsp3) is 0.429. The lowest BCUT2D eigenvalue weighted by molar-refractivity contribution is 0.899. The van der Waals surface area contributed by atoms with E-state index >= 15 is 0 Å². The van der Waals surface area contributed by atoms with E-state index < -0.39 is 0 Å². The van der Waals surface area contributed by atoms with Crippen molar-refractivity contribution in [1.29, 1.82) is 5.26 Å². The van der Waals surface area contributed by atoms with Crippen LogP contribution in [-0.2, 0) is 12.8 Å². The predicted octanol–water partition coefficient (Wildman–Crippen LogP) is 2.27. The average Bonchev–Trinajstić information content (AvgIpc) is 2.80. The molecule has 1 aliphatic rings. The van der Waals surface area contributed by atoms with Gasteiger partial charge >= 0.3 is 0 Å².